The van der Waals surface area contributed by atoms with Crippen LogP contribution in [0.5, 0.6) is 0 Å². The van der Waals surface area contributed by atoms with Gasteiger partial charge in [-0.25, -0.2) is 0 Å². The molecule has 5 nitrogen and oxygen atoms in total. The van der Waals surface area contributed by atoms with Gasteiger partial charge in [-0.2, -0.15) is 0 Å². The Bertz CT molecular complexity index is 286. The summed E-state index contributed by atoms with van der Waals surface area (Å²) in [6, 6.07) is 0. The molecule has 0 unspecified atom stereocenters. The number of carboxylic acids is 1. The van der Waals surface area contributed by atoms with Crippen LogP contribution >= 0.6 is 0 Å². The van der Waals surface area contributed by atoms with Gasteiger partial charge >= 0.3 is 5.97 Å². The number of hydrogen-bond acceptors (Lipinski definition) is 3. The molecule has 1 fully saturated rings. The molecule has 19 heavy (non-hydrogen) atoms. The molecule has 1 rings (SSSR count). The molecule has 0 aromatic rings. The molecule has 5 heteroatoms. The van der Waals surface area contributed by atoms with E-state index in [0.29, 0.717) is 12.5 Å². The fourth-order valence-corrected chi connectivity index (χ4v) is 2.42. The molecule has 0 aromatic heterocycles. The summed E-state index contributed by atoms with van der Waals surface area (Å²) in [6.07, 6.45) is 5.18. The number of hydrogen-bond donors (Lipinski definition) is 2. The smallest absolute Gasteiger partial charge is 0.303 e. The Balaban J connectivity index is 2.12. The van der Waals surface area contributed by atoms with E-state index >= 15 is 0 Å². The van der Waals surface area contributed by atoms with Crippen LogP contribution in [0.3, 0.4) is 0 Å². The molecule has 1 heterocycles. The van der Waals surface area contributed by atoms with E-state index in [1.807, 2.05) is 0 Å². The first-order valence-electron chi connectivity index (χ1n) is 7.32. The summed E-state index contributed by atoms with van der Waals surface area (Å²) in [4.78, 5) is 24.3. The number of carboxylic acid groups (broad SMARTS) is 1. The Morgan fingerprint density at radius 3 is 2.58 bits per heavy atom. The third kappa shape index (κ3) is 7.15. The normalized spacial score (nSPS) is 17.3. The van der Waals surface area contributed by atoms with Gasteiger partial charge in [-0.3, -0.25) is 14.5 Å². The zero-order chi connectivity index (χ0) is 14.1. The summed E-state index contributed by atoms with van der Waals surface area (Å²) in [7, 11) is 0. The van der Waals surface area contributed by atoms with Crippen molar-refractivity contribution in [1.29, 1.82) is 0 Å². The molecule has 0 atom stereocenters. The molecule has 0 saturated carbocycles. The van der Waals surface area contributed by atoms with Gasteiger partial charge in [-0.1, -0.05) is 13.3 Å². The molecule has 0 aliphatic carbocycles. The Labute approximate surface area is 115 Å². The molecule has 1 aliphatic rings. The van der Waals surface area contributed by atoms with Crippen LogP contribution in [0, 0.1) is 5.92 Å². The lowest BCUT2D eigenvalue weighted by Gasteiger charge is -2.31. The standard InChI is InChI=1S/C14H26N2O3/c1-2-3-8-15-13(17)11-16-9-6-12(7-10-16)4-5-14(18)19/h12H,2-11H2,1H3,(H,15,17)(H,18,19). The van der Waals surface area contributed by atoms with Gasteiger partial charge in [0.2, 0.25) is 5.91 Å². The lowest BCUT2D eigenvalue weighted by molar-refractivity contribution is -0.137. The zero-order valence-electron chi connectivity index (χ0n) is 11.9. The van der Waals surface area contributed by atoms with Crippen LogP contribution < -0.4 is 5.32 Å². The van der Waals surface area contributed by atoms with E-state index in [1.165, 1.54) is 0 Å². The average molecular weight is 270 g/mol. The monoisotopic (exact) mass is 270 g/mol. The fraction of sp³-hybridized carbons (Fsp3) is 0.857. The van der Waals surface area contributed by atoms with Crippen molar-refractivity contribution in [2.45, 2.75) is 45.4 Å². The van der Waals surface area contributed by atoms with E-state index in [4.69, 9.17) is 5.11 Å². The molecule has 110 valence electrons. The largest absolute Gasteiger partial charge is 0.481 e. The number of nitrogens with zero attached hydrogens (tertiary/aromatic N) is 1. The van der Waals surface area contributed by atoms with Crippen LogP contribution in [0.2, 0.25) is 0 Å². The van der Waals surface area contributed by atoms with Gasteiger partial charge in [0.25, 0.3) is 0 Å². The summed E-state index contributed by atoms with van der Waals surface area (Å²) in [5.74, 6) is -0.0920. The van der Waals surface area contributed by atoms with Crippen molar-refractivity contribution in [3.8, 4) is 0 Å². The molecule has 0 aromatic carbocycles. The van der Waals surface area contributed by atoms with Crippen molar-refractivity contribution >= 4 is 11.9 Å². The number of carbonyl (C=O) groups is 2. The van der Waals surface area contributed by atoms with Gasteiger partial charge in [0.05, 0.1) is 6.54 Å². The van der Waals surface area contributed by atoms with Gasteiger partial charge in [0.15, 0.2) is 0 Å². The van der Waals surface area contributed by atoms with Crippen molar-refractivity contribution < 1.29 is 14.7 Å². The van der Waals surface area contributed by atoms with E-state index in [2.05, 4.69) is 17.1 Å². The van der Waals surface area contributed by atoms with Gasteiger partial charge in [-0.15, -0.1) is 0 Å². The molecular weight excluding hydrogens is 244 g/mol. The third-order valence-corrected chi connectivity index (χ3v) is 3.69. The number of unbranched alkanes of at least 4 members (excludes halogenated alkanes) is 1. The molecule has 0 radical (unpaired) electrons. The molecular formula is C14H26N2O3. The van der Waals surface area contributed by atoms with Gasteiger partial charge < -0.3 is 10.4 Å². The van der Waals surface area contributed by atoms with Gasteiger partial charge in [0, 0.05) is 13.0 Å². The summed E-state index contributed by atoms with van der Waals surface area (Å²) < 4.78 is 0. The predicted molar refractivity (Wildman–Crippen MR) is 74.0 cm³/mol. The van der Waals surface area contributed by atoms with Crippen LogP contribution in [0.25, 0.3) is 0 Å². The van der Waals surface area contributed by atoms with Crippen LogP contribution in [-0.2, 0) is 9.59 Å². The lowest BCUT2D eigenvalue weighted by atomic mass is 9.92. The summed E-state index contributed by atoms with van der Waals surface area (Å²) in [6.45, 7) is 5.17. The Morgan fingerprint density at radius 2 is 2.00 bits per heavy atom. The number of carbonyl (C=O) groups excluding carboxylic acids is 1. The summed E-state index contributed by atoms with van der Waals surface area (Å²) in [5.41, 5.74) is 0. The maximum atomic E-state index is 11.7. The highest BCUT2D eigenvalue weighted by molar-refractivity contribution is 5.77. The number of rotatable bonds is 8. The van der Waals surface area contributed by atoms with Crippen molar-refractivity contribution in [2.75, 3.05) is 26.2 Å². The highest BCUT2D eigenvalue weighted by Crippen LogP contribution is 2.21. The molecule has 1 amide bonds. The zero-order valence-corrected chi connectivity index (χ0v) is 11.9. The molecule has 0 spiro atoms. The Morgan fingerprint density at radius 1 is 1.32 bits per heavy atom. The van der Waals surface area contributed by atoms with Crippen LogP contribution in [0.1, 0.15) is 45.4 Å². The number of likely N-dealkylation sites (tertiary alicyclic amines) is 1. The number of aliphatic carboxylic acids is 1. The van der Waals surface area contributed by atoms with Crippen LogP contribution in [-0.4, -0.2) is 48.1 Å². The molecule has 0 bridgehead atoms. The minimum atomic E-state index is -0.710. The minimum absolute atomic E-state index is 0.109. The van der Waals surface area contributed by atoms with Crippen molar-refractivity contribution in [3.63, 3.8) is 0 Å². The van der Waals surface area contributed by atoms with Crippen molar-refractivity contribution in [1.82, 2.24) is 10.2 Å². The maximum absolute atomic E-state index is 11.7. The Kier molecular flexibility index (Phi) is 7.48. The number of nitrogens with one attached hydrogen (secondary N) is 1. The van der Waals surface area contributed by atoms with Gasteiger partial charge in [-0.05, 0) is 44.7 Å². The number of piperidine rings is 1. The van der Waals surface area contributed by atoms with E-state index in [0.717, 1.165) is 51.7 Å². The van der Waals surface area contributed by atoms with E-state index in [1.54, 1.807) is 0 Å². The number of amides is 1. The average Bonchev–Trinajstić information content (AvgIpc) is 2.38. The van der Waals surface area contributed by atoms with E-state index in [-0.39, 0.29) is 12.3 Å². The SMILES string of the molecule is CCCCNC(=O)CN1CCC(CCC(=O)O)CC1. The minimum Gasteiger partial charge on any atom is -0.481 e. The Hall–Kier alpha value is -1.10. The second-order valence-corrected chi connectivity index (χ2v) is 5.36. The first-order valence-corrected chi connectivity index (χ1v) is 7.32. The second-order valence-electron chi connectivity index (χ2n) is 5.36. The van der Waals surface area contributed by atoms with E-state index < -0.39 is 5.97 Å². The van der Waals surface area contributed by atoms with Crippen LogP contribution in [0.4, 0.5) is 0 Å². The summed E-state index contributed by atoms with van der Waals surface area (Å²) >= 11 is 0. The topological polar surface area (TPSA) is 69.6 Å². The lowest BCUT2D eigenvalue weighted by Crippen LogP contribution is -2.41. The molecule has 2 N–H and O–H groups in total. The highest BCUT2D eigenvalue weighted by atomic mass is 16.4. The van der Waals surface area contributed by atoms with E-state index in [9.17, 15) is 9.59 Å². The second kappa shape index (κ2) is 8.91. The van der Waals surface area contributed by atoms with Crippen LogP contribution in [0.15, 0.2) is 0 Å². The highest BCUT2D eigenvalue weighted by Gasteiger charge is 2.21. The predicted octanol–water partition coefficient (Wildman–Crippen LogP) is 1.48. The van der Waals surface area contributed by atoms with Crippen molar-refractivity contribution in [3.05, 3.63) is 0 Å². The molecule has 1 saturated heterocycles. The summed E-state index contributed by atoms with van der Waals surface area (Å²) in [5, 5.41) is 11.6. The fourth-order valence-electron chi connectivity index (χ4n) is 2.42. The quantitative estimate of drug-likeness (QED) is 0.655. The third-order valence-electron chi connectivity index (χ3n) is 3.69. The first kappa shape index (κ1) is 16.0. The maximum Gasteiger partial charge on any atom is 0.303 e. The van der Waals surface area contributed by atoms with Crippen molar-refractivity contribution in [2.24, 2.45) is 5.92 Å². The molecule has 1 aliphatic heterocycles. The first-order chi connectivity index (χ1) is 9.11. The van der Waals surface area contributed by atoms with Gasteiger partial charge in [0.1, 0.15) is 0 Å².